The maximum Gasteiger partial charge on any atom is 0.339 e. The first-order chi connectivity index (χ1) is 7.77. The highest BCUT2D eigenvalue weighted by molar-refractivity contribution is 5.92. The third-order valence-corrected chi connectivity index (χ3v) is 3.07. The average molecular weight is 220 g/mol. The molecular formula is C12H16N2O2. The normalized spacial score (nSPS) is 16.2. The molecule has 0 unspecified atom stereocenters. The first kappa shape index (κ1) is 10.9. The SMILES string of the molecule is O=C(O)c1cccnc1NCC1CCCC1. The summed E-state index contributed by atoms with van der Waals surface area (Å²) in [4.78, 5) is 15.0. The smallest absolute Gasteiger partial charge is 0.339 e. The molecule has 2 N–H and O–H groups in total. The maximum absolute atomic E-state index is 10.9. The molecule has 16 heavy (non-hydrogen) atoms. The van der Waals surface area contributed by atoms with Gasteiger partial charge in [-0.1, -0.05) is 12.8 Å². The molecule has 1 saturated carbocycles. The lowest BCUT2D eigenvalue weighted by Crippen LogP contribution is -2.14. The first-order valence-corrected chi connectivity index (χ1v) is 5.69. The Morgan fingerprint density at radius 2 is 2.25 bits per heavy atom. The van der Waals surface area contributed by atoms with Gasteiger partial charge in [-0.2, -0.15) is 0 Å². The van der Waals surface area contributed by atoms with E-state index in [1.165, 1.54) is 25.7 Å². The summed E-state index contributed by atoms with van der Waals surface area (Å²) in [5.74, 6) is 0.229. The van der Waals surface area contributed by atoms with Gasteiger partial charge in [0.05, 0.1) is 0 Å². The number of aromatic nitrogens is 1. The fraction of sp³-hybridized carbons (Fsp3) is 0.500. The minimum absolute atomic E-state index is 0.250. The van der Waals surface area contributed by atoms with Gasteiger partial charge in [-0.25, -0.2) is 9.78 Å². The monoisotopic (exact) mass is 220 g/mol. The van der Waals surface area contributed by atoms with E-state index in [0.717, 1.165) is 6.54 Å². The summed E-state index contributed by atoms with van der Waals surface area (Å²) in [7, 11) is 0. The summed E-state index contributed by atoms with van der Waals surface area (Å²) >= 11 is 0. The van der Waals surface area contributed by atoms with E-state index in [0.29, 0.717) is 11.7 Å². The van der Waals surface area contributed by atoms with Crippen LogP contribution >= 0.6 is 0 Å². The number of carboxylic acids is 1. The summed E-state index contributed by atoms with van der Waals surface area (Å²) in [6.07, 6.45) is 6.68. The van der Waals surface area contributed by atoms with Crippen LogP contribution in [0.15, 0.2) is 18.3 Å². The lowest BCUT2D eigenvalue weighted by atomic mass is 10.1. The van der Waals surface area contributed by atoms with E-state index >= 15 is 0 Å². The predicted molar refractivity (Wildman–Crippen MR) is 61.6 cm³/mol. The van der Waals surface area contributed by atoms with Crippen LogP contribution in [0.2, 0.25) is 0 Å². The molecule has 1 aromatic heterocycles. The number of anilines is 1. The van der Waals surface area contributed by atoms with Crippen LogP contribution in [-0.4, -0.2) is 22.6 Å². The quantitative estimate of drug-likeness (QED) is 0.817. The van der Waals surface area contributed by atoms with Crippen LogP contribution in [0.1, 0.15) is 36.0 Å². The van der Waals surface area contributed by atoms with Gasteiger partial charge in [0.15, 0.2) is 0 Å². The van der Waals surface area contributed by atoms with Crippen molar-refractivity contribution in [3.05, 3.63) is 23.9 Å². The van der Waals surface area contributed by atoms with Gasteiger partial charge in [0.25, 0.3) is 0 Å². The standard InChI is InChI=1S/C12H16N2O2/c15-12(16)10-6-3-7-13-11(10)14-8-9-4-1-2-5-9/h3,6-7,9H,1-2,4-5,8H2,(H,13,14)(H,15,16). The molecule has 0 saturated heterocycles. The van der Waals surface area contributed by atoms with Crippen molar-refractivity contribution in [3.8, 4) is 0 Å². The van der Waals surface area contributed by atoms with E-state index in [2.05, 4.69) is 10.3 Å². The number of rotatable bonds is 4. The van der Waals surface area contributed by atoms with E-state index in [1.54, 1.807) is 18.3 Å². The Hall–Kier alpha value is -1.58. The molecule has 1 heterocycles. The molecule has 0 atom stereocenters. The summed E-state index contributed by atoms with van der Waals surface area (Å²) in [6.45, 7) is 0.831. The molecule has 4 nitrogen and oxygen atoms in total. The summed E-state index contributed by atoms with van der Waals surface area (Å²) in [5, 5.41) is 12.1. The van der Waals surface area contributed by atoms with Crippen molar-refractivity contribution >= 4 is 11.8 Å². The van der Waals surface area contributed by atoms with Crippen LogP contribution in [0, 0.1) is 5.92 Å². The molecule has 1 aliphatic rings. The molecule has 0 aliphatic heterocycles. The molecule has 0 radical (unpaired) electrons. The molecule has 1 aromatic rings. The van der Waals surface area contributed by atoms with E-state index in [9.17, 15) is 4.79 Å². The van der Waals surface area contributed by atoms with E-state index < -0.39 is 5.97 Å². The molecule has 1 aliphatic carbocycles. The molecule has 0 bridgehead atoms. The number of nitrogens with zero attached hydrogens (tertiary/aromatic N) is 1. The van der Waals surface area contributed by atoms with Gasteiger partial charge in [-0.05, 0) is 30.9 Å². The average Bonchev–Trinajstić information content (AvgIpc) is 2.79. The lowest BCUT2D eigenvalue weighted by Gasteiger charge is -2.12. The number of nitrogens with one attached hydrogen (secondary N) is 1. The Morgan fingerprint density at radius 1 is 1.50 bits per heavy atom. The maximum atomic E-state index is 10.9. The largest absolute Gasteiger partial charge is 0.478 e. The Labute approximate surface area is 94.7 Å². The second-order valence-electron chi connectivity index (χ2n) is 4.24. The van der Waals surface area contributed by atoms with Gasteiger partial charge in [-0.3, -0.25) is 0 Å². The molecule has 1 fully saturated rings. The lowest BCUT2D eigenvalue weighted by molar-refractivity contribution is 0.0697. The number of carboxylic acid groups (broad SMARTS) is 1. The molecule has 0 amide bonds. The zero-order chi connectivity index (χ0) is 11.4. The van der Waals surface area contributed by atoms with E-state index in [-0.39, 0.29) is 5.56 Å². The van der Waals surface area contributed by atoms with Crippen LogP contribution in [-0.2, 0) is 0 Å². The van der Waals surface area contributed by atoms with Gasteiger partial charge in [-0.15, -0.1) is 0 Å². The Bertz CT molecular complexity index is 373. The first-order valence-electron chi connectivity index (χ1n) is 5.69. The minimum atomic E-state index is -0.929. The minimum Gasteiger partial charge on any atom is -0.478 e. The van der Waals surface area contributed by atoms with Crippen molar-refractivity contribution in [2.24, 2.45) is 5.92 Å². The Morgan fingerprint density at radius 3 is 2.94 bits per heavy atom. The van der Waals surface area contributed by atoms with Crippen LogP contribution in [0.3, 0.4) is 0 Å². The fourth-order valence-electron chi connectivity index (χ4n) is 2.17. The topological polar surface area (TPSA) is 62.2 Å². The zero-order valence-electron chi connectivity index (χ0n) is 9.15. The van der Waals surface area contributed by atoms with Crippen molar-refractivity contribution in [1.82, 2.24) is 4.98 Å². The molecule has 0 aromatic carbocycles. The number of pyridine rings is 1. The van der Waals surface area contributed by atoms with Crippen LogP contribution in [0.5, 0.6) is 0 Å². The second kappa shape index (κ2) is 4.96. The Kier molecular flexibility index (Phi) is 3.39. The summed E-state index contributed by atoms with van der Waals surface area (Å²) in [6, 6.07) is 3.22. The van der Waals surface area contributed by atoms with Crippen LogP contribution in [0.25, 0.3) is 0 Å². The second-order valence-corrected chi connectivity index (χ2v) is 4.24. The number of aromatic carboxylic acids is 1. The van der Waals surface area contributed by atoms with Gasteiger partial charge in [0.1, 0.15) is 11.4 Å². The molecular weight excluding hydrogens is 204 g/mol. The number of carbonyl (C=O) groups is 1. The van der Waals surface area contributed by atoms with Gasteiger partial charge in [0.2, 0.25) is 0 Å². The van der Waals surface area contributed by atoms with E-state index in [4.69, 9.17) is 5.11 Å². The summed E-state index contributed by atoms with van der Waals surface area (Å²) in [5.41, 5.74) is 0.250. The molecule has 2 rings (SSSR count). The third kappa shape index (κ3) is 2.51. The van der Waals surface area contributed by atoms with Gasteiger partial charge in [0, 0.05) is 12.7 Å². The zero-order valence-corrected chi connectivity index (χ0v) is 9.15. The van der Waals surface area contributed by atoms with Gasteiger partial charge >= 0.3 is 5.97 Å². The van der Waals surface area contributed by atoms with Crippen molar-refractivity contribution in [2.45, 2.75) is 25.7 Å². The molecule has 0 spiro atoms. The van der Waals surface area contributed by atoms with Crippen molar-refractivity contribution in [3.63, 3.8) is 0 Å². The highest BCUT2D eigenvalue weighted by atomic mass is 16.4. The highest BCUT2D eigenvalue weighted by Crippen LogP contribution is 2.25. The number of hydrogen-bond donors (Lipinski definition) is 2. The van der Waals surface area contributed by atoms with Crippen LogP contribution < -0.4 is 5.32 Å². The molecule has 4 heteroatoms. The molecule has 86 valence electrons. The predicted octanol–water partition coefficient (Wildman–Crippen LogP) is 2.38. The van der Waals surface area contributed by atoms with E-state index in [1.807, 2.05) is 0 Å². The highest BCUT2D eigenvalue weighted by Gasteiger charge is 2.16. The number of hydrogen-bond acceptors (Lipinski definition) is 3. The van der Waals surface area contributed by atoms with Gasteiger partial charge < -0.3 is 10.4 Å². The fourth-order valence-corrected chi connectivity index (χ4v) is 2.17. The van der Waals surface area contributed by atoms with Crippen molar-refractivity contribution < 1.29 is 9.90 Å². The third-order valence-electron chi connectivity index (χ3n) is 3.07. The van der Waals surface area contributed by atoms with Crippen molar-refractivity contribution in [2.75, 3.05) is 11.9 Å². The summed E-state index contributed by atoms with van der Waals surface area (Å²) < 4.78 is 0. The van der Waals surface area contributed by atoms with Crippen molar-refractivity contribution in [1.29, 1.82) is 0 Å². The Balaban J connectivity index is 2.00. The van der Waals surface area contributed by atoms with Crippen LogP contribution in [0.4, 0.5) is 5.82 Å².